The quantitative estimate of drug-likeness (QED) is 0.717. The molecular formula is C20H28ClNO3. The number of nitrogens with zero attached hydrogens (tertiary/aromatic N) is 1. The van der Waals surface area contributed by atoms with Gasteiger partial charge in [-0.15, -0.1) is 12.4 Å². The van der Waals surface area contributed by atoms with Crippen molar-refractivity contribution >= 4 is 12.4 Å². The Balaban J connectivity index is 0.00000312. The summed E-state index contributed by atoms with van der Waals surface area (Å²) in [6, 6.07) is 16.0. The van der Waals surface area contributed by atoms with Gasteiger partial charge in [0.05, 0.1) is 6.61 Å². The molecular weight excluding hydrogens is 338 g/mol. The summed E-state index contributed by atoms with van der Waals surface area (Å²) in [4.78, 5) is 2.03. The van der Waals surface area contributed by atoms with Crippen LogP contribution in [0.5, 0.6) is 5.75 Å². The third-order valence-corrected chi connectivity index (χ3v) is 4.12. The van der Waals surface area contributed by atoms with Crippen LogP contribution in [0.1, 0.15) is 16.7 Å². The van der Waals surface area contributed by atoms with Gasteiger partial charge in [-0.05, 0) is 36.6 Å². The van der Waals surface area contributed by atoms with E-state index in [1.165, 1.54) is 5.56 Å². The Kier molecular flexibility index (Phi) is 9.53. The van der Waals surface area contributed by atoms with E-state index >= 15 is 0 Å². The van der Waals surface area contributed by atoms with Crippen LogP contribution >= 0.6 is 12.4 Å². The highest BCUT2D eigenvalue weighted by Gasteiger charge is 2.13. The SMILES string of the molecule is Cc1cccc(OCC(O)CN(CCO)Cc2ccccc2)c1C.Cl. The van der Waals surface area contributed by atoms with Crippen molar-refractivity contribution in [2.45, 2.75) is 26.5 Å². The fourth-order valence-electron chi connectivity index (χ4n) is 2.64. The van der Waals surface area contributed by atoms with Crippen LogP contribution < -0.4 is 4.74 Å². The molecule has 2 N–H and O–H groups in total. The number of hydrogen-bond donors (Lipinski definition) is 2. The van der Waals surface area contributed by atoms with Crippen LogP contribution in [0.4, 0.5) is 0 Å². The van der Waals surface area contributed by atoms with Gasteiger partial charge >= 0.3 is 0 Å². The molecule has 0 aromatic heterocycles. The average Bonchev–Trinajstić information content (AvgIpc) is 2.57. The highest BCUT2D eigenvalue weighted by Crippen LogP contribution is 2.20. The van der Waals surface area contributed by atoms with E-state index in [9.17, 15) is 10.2 Å². The van der Waals surface area contributed by atoms with Crippen LogP contribution in [0.15, 0.2) is 48.5 Å². The van der Waals surface area contributed by atoms with E-state index in [0.29, 0.717) is 19.6 Å². The van der Waals surface area contributed by atoms with Gasteiger partial charge in [-0.2, -0.15) is 0 Å². The molecule has 0 aliphatic rings. The van der Waals surface area contributed by atoms with Gasteiger partial charge < -0.3 is 14.9 Å². The first-order valence-corrected chi connectivity index (χ1v) is 8.34. The Morgan fingerprint density at radius 2 is 1.76 bits per heavy atom. The van der Waals surface area contributed by atoms with Crippen molar-refractivity contribution < 1.29 is 14.9 Å². The summed E-state index contributed by atoms with van der Waals surface area (Å²) in [5, 5.41) is 19.5. The van der Waals surface area contributed by atoms with Gasteiger partial charge in [0.15, 0.2) is 0 Å². The Labute approximate surface area is 156 Å². The van der Waals surface area contributed by atoms with Crippen molar-refractivity contribution in [2.75, 3.05) is 26.3 Å². The largest absolute Gasteiger partial charge is 0.491 e. The molecule has 0 bridgehead atoms. The Morgan fingerprint density at radius 3 is 2.44 bits per heavy atom. The lowest BCUT2D eigenvalue weighted by Crippen LogP contribution is -2.37. The number of halogens is 1. The number of ether oxygens (including phenoxy) is 1. The maximum atomic E-state index is 10.3. The Hall–Kier alpha value is -1.59. The smallest absolute Gasteiger partial charge is 0.122 e. The molecule has 0 saturated carbocycles. The molecule has 0 saturated heterocycles. The Morgan fingerprint density at radius 1 is 1.04 bits per heavy atom. The molecule has 1 atom stereocenters. The molecule has 2 rings (SSSR count). The monoisotopic (exact) mass is 365 g/mol. The highest BCUT2D eigenvalue weighted by molar-refractivity contribution is 5.85. The molecule has 0 fully saturated rings. The third kappa shape index (κ3) is 7.04. The second kappa shape index (κ2) is 11.1. The molecule has 0 spiro atoms. The van der Waals surface area contributed by atoms with E-state index < -0.39 is 6.10 Å². The van der Waals surface area contributed by atoms with Crippen LogP contribution in [-0.2, 0) is 6.54 Å². The molecule has 2 aromatic rings. The summed E-state index contributed by atoms with van der Waals surface area (Å²) in [6.45, 7) is 6.04. The first-order chi connectivity index (χ1) is 11.6. The highest BCUT2D eigenvalue weighted by atomic mass is 35.5. The van der Waals surface area contributed by atoms with Crippen LogP contribution in [0.25, 0.3) is 0 Å². The molecule has 0 amide bonds. The lowest BCUT2D eigenvalue weighted by Gasteiger charge is -2.24. The zero-order valence-electron chi connectivity index (χ0n) is 14.9. The molecule has 0 aliphatic heterocycles. The minimum atomic E-state index is -0.611. The fraction of sp³-hybridized carbons (Fsp3) is 0.400. The number of aliphatic hydroxyl groups excluding tert-OH is 2. The van der Waals surface area contributed by atoms with Gasteiger partial charge in [-0.25, -0.2) is 0 Å². The van der Waals surface area contributed by atoms with Crippen molar-refractivity contribution in [1.82, 2.24) is 4.90 Å². The minimum Gasteiger partial charge on any atom is -0.491 e. The average molecular weight is 366 g/mol. The summed E-state index contributed by atoms with van der Waals surface area (Å²) >= 11 is 0. The second-order valence-corrected chi connectivity index (χ2v) is 6.11. The maximum Gasteiger partial charge on any atom is 0.122 e. The third-order valence-electron chi connectivity index (χ3n) is 4.12. The first-order valence-electron chi connectivity index (χ1n) is 8.34. The molecule has 25 heavy (non-hydrogen) atoms. The van der Waals surface area contributed by atoms with Crippen molar-refractivity contribution in [3.63, 3.8) is 0 Å². The minimum absolute atomic E-state index is 0. The van der Waals surface area contributed by atoms with E-state index in [2.05, 4.69) is 0 Å². The molecule has 1 unspecified atom stereocenters. The lowest BCUT2D eigenvalue weighted by molar-refractivity contribution is 0.0588. The molecule has 0 radical (unpaired) electrons. The summed E-state index contributed by atoms with van der Waals surface area (Å²) in [7, 11) is 0. The number of rotatable bonds is 9. The van der Waals surface area contributed by atoms with Crippen LogP contribution in [0.2, 0.25) is 0 Å². The molecule has 2 aromatic carbocycles. The van der Waals surface area contributed by atoms with Crippen LogP contribution in [0.3, 0.4) is 0 Å². The normalized spacial score (nSPS) is 11.9. The van der Waals surface area contributed by atoms with Gasteiger partial charge in [0, 0.05) is 19.6 Å². The number of aryl methyl sites for hydroxylation is 1. The number of benzene rings is 2. The maximum absolute atomic E-state index is 10.3. The Bertz CT molecular complexity index is 622. The predicted molar refractivity (Wildman–Crippen MR) is 103 cm³/mol. The van der Waals surface area contributed by atoms with Gasteiger partial charge in [-0.1, -0.05) is 42.5 Å². The molecule has 0 heterocycles. The zero-order chi connectivity index (χ0) is 17.4. The second-order valence-electron chi connectivity index (χ2n) is 6.11. The zero-order valence-corrected chi connectivity index (χ0v) is 15.7. The molecule has 0 aliphatic carbocycles. The molecule has 4 nitrogen and oxygen atoms in total. The van der Waals surface area contributed by atoms with Crippen molar-refractivity contribution in [1.29, 1.82) is 0 Å². The lowest BCUT2D eigenvalue weighted by atomic mass is 10.1. The van der Waals surface area contributed by atoms with E-state index in [-0.39, 0.29) is 25.6 Å². The van der Waals surface area contributed by atoms with E-state index in [4.69, 9.17) is 4.74 Å². The number of hydrogen-bond acceptors (Lipinski definition) is 4. The van der Waals surface area contributed by atoms with Gasteiger partial charge in [-0.3, -0.25) is 4.90 Å². The summed E-state index contributed by atoms with van der Waals surface area (Å²) in [5.41, 5.74) is 3.43. The number of aliphatic hydroxyl groups is 2. The van der Waals surface area contributed by atoms with E-state index in [1.807, 2.05) is 67.3 Å². The fourth-order valence-corrected chi connectivity index (χ4v) is 2.64. The van der Waals surface area contributed by atoms with Crippen molar-refractivity contribution in [3.8, 4) is 5.75 Å². The summed E-state index contributed by atoms with van der Waals surface area (Å²) < 4.78 is 5.77. The predicted octanol–water partition coefficient (Wildman–Crippen LogP) is 2.96. The topological polar surface area (TPSA) is 52.9 Å². The summed E-state index contributed by atoms with van der Waals surface area (Å²) in [5.74, 6) is 0.811. The molecule has 138 valence electrons. The van der Waals surface area contributed by atoms with Crippen LogP contribution in [-0.4, -0.2) is 47.5 Å². The van der Waals surface area contributed by atoms with Crippen LogP contribution in [0, 0.1) is 13.8 Å². The summed E-state index contributed by atoms with van der Waals surface area (Å²) in [6.07, 6.45) is -0.611. The van der Waals surface area contributed by atoms with Crippen molar-refractivity contribution in [2.24, 2.45) is 0 Å². The molecule has 5 heteroatoms. The van der Waals surface area contributed by atoms with Gasteiger partial charge in [0.1, 0.15) is 18.5 Å². The van der Waals surface area contributed by atoms with Crippen molar-refractivity contribution in [3.05, 3.63) is 65.2 Å². The van der Waals surface area contributed by atoms with Gasteiger partial charge in [0.25, 0.3) is 0 Å². The van der Waals surface area contributed by atoms with E-state index in [1.54, 1.807) is 0 Å². The van der Waals surface area contributed by atoms with E-state index in [0.717, 1.165) is 16.9 Å². The first kappa shape index (κ1) is 21.5. The standard InChI is InChI=1S/C20H27NO3.ClH/c1-16-7-6-10-20(17(16)2)24-15-19(23)14-21(11-12-22)13-18-8-4-3-5-9-18;/h3-10,19,22-23H,11-15H2,1-2H3;1H. The van der Waals surface area contributed by atoms with Gasteiger partial charge in [0.2, 0.25) is 0 Å².